The molecule has 9 heteroatoms. The molecule has 0 fully saturated rings. The number of carbonyl (C=O) groups excluding carboxylic acids is 1. The van der Waals surface area contributed by atoms with Crippen molar-refractivity contribution in [3.63, 3.8) is 0 Å². The van der Waals surface area contributed by atoms with Crippen molar-refractivity contribution in [2.75, 3.05) is 6.61 Å². The number of primary amides is 1. The second kappa shape index (κ2) is 9.02. The maximum absolute atomic E-state index is 12.4. The summed E-state index contributed by atoms with van der Waals surface area (Å²) in [4.78, 5) is 23.7. The minimum Gasteiger partial charge on any atom is -0.481 e. The van der Waals surface area contributed by atoms with Gasteiger partial charge in [-0.2, -0.15) is 0 Å². The van der Waals surface area contributed by atoms with Crippen LogP contribution in [0.5, 0.6) is 5.75 Å². The Morgan fingerprint density at radius 2 is 1.71 bits per heavy atom. The van der Waals surface area contributed by atoms with Gasteiger partial charge in [-0.3, -0.25) is 4.79 Å². The van der Waals surface area contributed by atoms with Crippen LogP contribution >= 0.6 is 23.2 Å². The summed E-state index contributed by atoms with van der Waals surface area (Å²) in [6, 6.07) is 17.6. The van der Waals surface area contributed by atoms with E-state index in [1.807, 2.05) is 16.7 Å². The molecule has 0 atom stereocenters. The molecule has 3 aromatic carbocycles. The minimum absolute atomic E-state index is 0.277. The summed E-state index contributed by atoms with van der Waals surface area (Å²) in [5.41, 5.74) is 8.70. The van der Waals surface area contributed by atoms with Crippen LogP contribution in [0.4, 0.5) is 0 Å². The van der Waals surface area contributed by atoms with Crippen LogP contribution in [0.3, 0.4) is 0 Å². The molecule has 0 bridgehead atoms. The predicted octanol–water partition coefficient (Wildman–Crippen LogP) is 5.97. The third kappa shape index (κ3) is 4.09. The van der Waals surface area contributed by atoms with Crippen LogP contribution in [0.25, 0.3) is 33.1 Å². The summed E-state index contributed by atoms with van der Waals surface area (Å²) in [7, 11) is 0. The maximum Gasteiger partial charge on any atom is 0.341 e. The van der Waals surface area contributed by atoms with Crippen molar-refractivity contribution in [1.82, 2.24) is 4.57 Å². The van der Waals surface area contributed by atoms with Crippen molar-refractivity contribution in [2.24, 2.45) is 5.73 Å². The van der Waals surface area contributed by atoms with Gasteiger partial charge in [-0.05, 0) is 48.5 Å². The summed E-state index contributed by atoms with van der Waals surface area (Å²) in [5.74, 6) is -0.915. The molecular formula is C26H18Cl2N2O5. The fraction of sp³-hybridized carbons (Fsp3) is 0.0769. The van der Waals surface area contributed by atoms with E-state index in [1.165, 1.54) is 0 Å². The second-order valence-corrected chi connectivity index (χ2v) is 8.69. The van der Waals surface area contributed by atoms with Gasteiger partial charge in [0.25, 0.3) is 0 Å². The van der Waals surface area contributed by atoms with E-state index in [9.17, 15) is 14.7 Å². The number of carboxylic acid groups (broad SMARTS) is 1. The second-order valence-electron chi connectivity index (χ2n) is 7.88. The van der Waals surface area contributed by atoms with Crippen LogP contribution < -0.4 is 10.5 Å². The lowest BCUT2D eigenvalue weighted by atomic mass is 10.0. The molecule has 3 N–H and O–H groups in total. The molecule has 5 rings (SSSR count). The molecular weight excluding hydrogens is 491 g/mol. The normalized spacial score (nSPS) is 11.3. The predicted molar refractivity (Wildman–Crippen MR) is 134 cm³/mol. The zero-order chi connectivity index (χ0) is 24.7. The van der Waals surface area contributed by atoms with Gasteiger partial charge in [-0.1, -0.05) is 35.3 Å². The number of fused-ring (bicyclic) bond motifs is 3. The average Bonchev–Trinajstić information content (AvgIpc) is 3.46. The number of carboxylic acids is 1. The van der Waals surface area contributed by atoms with E-state index in [-0.39, 0.29) is 17.9 Å². The zero-order valence-corrected chi connectivity index (χ0v) is 19.6. The summed E-state index contributed by atoms with van der Waals surface area (Å²) < 4.78 is 13.2. The molecule has 176 valence electrons. The summed E-state index contributed by atoms with van der Waals surface area (Å²) in [6.07, 6.45) is 1.54. The van der Waals surface area contributed by atoms with Crippen molar-refractivity contribution in [3.05, 3.63) is 88.1 Å². The van der Waals surface area contributed by atoms with Gasteiger partial charge in [0.05, 0.1) is 29.2 Å². The Kier molecular flexibility index (Phi) is 5.88. The monoisotopic (exact) mass is 508 g/mol. The molecule has 0 saturated heterocycles. The highest BCUT2D eigenvalue weighted by Gasteiger charge is 2.23. The molecule has 0 saturated carbocycles. The topological polar surface area (TPSA) is 108 Å². The highest BCUT2D eigenvalue weighted by molar-refractivity contribution is 6.36. The van der Waals surface area contributed by atoms with Gasteiger partial charge in [0.2, 0.25) is 5.91 Å². The maximum atomic E-state index is 12.4. The fourth-order valence-electron chi connectivity index (χ4n) is 4.28. The Morgan fingerprint density at radius 1 is 0.971 bits per heavy atom. The summed E-state index contributed by atoms with van der Waals surface area (Å²) >= 11 is 13.0. The van der Waals surface area contributed by atoms with Crippen LogP contribution in [-0.2, 0) is 11.3 Å². The molecule has 35 heavy (non-hydrogen) atoms. The number of aliphatic carboxylic acids is 1. The molecule has 7 nitrogen and oxygen atoms in total. The SMILES string of the molecule is NC(=O)c1cccc2c1c1c(OCC(=O)O)cc(-c3ccco3)cc1n2Cc1c(Cl)cccc1Cl. The number of carbonyl (C=O) groups is 2. The number of halogens is 2. The highest BCUT2D eigenvalue weighted by atomic mass is 35.5. The third-order valence-electron chi connectivity index (χ3n) is 5.76. The van der Waals surface area contributed by atoms with Crippen LogP contribution in [0.2, 0.25) is 10.0 Å². The number of nitrogens with zero attached hydrogens (tertiary/aromatic N) is 1. The van der Waals surface area contributed by atoms with Gasteiger partial charge in [-0.25, -0.2) is 4.79 Å². The Balaban J connectivity index is 1.89. The molecule has 0 radical (unpaired) electrons. The quantitative estimate of drug-likeness (QED) is 0.281. The molecule has 0 aliphatic rings. The van der Waals surface area contributed by atoms with Gasteiger partial charge in [-0.15, -0.1) is 0 Å². The van der Waals surface area contributed by atoms with Crippen molar-refractivity contribution in [2.45, 2.75) is 6.54 Å². The molecule has 2 aromatic heterocycles. The van der Waals surface area contributed by atoms with E-state index >= 15 is 0 Å². The van der Waals surface area contributed by atoms with Crippen molar-refractivity contribution >= 4 is 56.9 Å². The van der Waals surface area contributed by atoms with Crippen LogP contribution in [-0.4, -0.2) is 28.2 Å². The van der Waals surface area contributed by atoms with Gasteiger partial charge < -0.3 is 24.6 Å². The fourth-order valence-corrected chi connectivity index (χ4v) is 4.80. The van der Waals surface area contributed by atoms with E-state index in [0.717, 1.165) is 0 Å². The smallest absolute Gasteiger partial charge is 0.341 e. The Labute approximate surface area is 209 Å². The van der Waals surface area contributed by atoms with Gasteiger partial charge in [0.1, 0.15) is 11.5 Å². The first-order chi connectivity index (χ1) is 16.8. The van der Waals surface area contributed by atoms with Gasteiger partial charge >= 0.3 is 5.97 Å². The lowest BCUT2D eigenvalue weighted by molar-refractivity contribution is -0.139. The first-order valence-corrected chi connectivity index (χ1v) is 11.3. The van der Waals surface area contributed by atoms with Crippen molar-refractivity contribution in [3.8, 4) is 17.1 Å². The van der Waals surface area contributed by atoms with Crippen LogP contribution in [0, 0.1) is 0 Å². The molecule has 0 spiro atoms. The third-order valence-corrected chi connectivity index (χ3v) is 6.46. The van der Waals surface area contributed by atoms with Crippen molar-refractivity contribution in [1.29, 1.82) is 0 Å². The number of ether oxygens (including phenoxy) is 1. The number of furan rings is 1. The van der Waals surface area contributed by atoms with E-state index in [0.29, 0.717) is 48.7 Å². The number of aromatic nitrogens is 1. The number of rotatable bonds is 7. The molecule has 0 unspecified atom stereocenters. The number of amides is 1. The number of hydrogen-bond donors (Lipinski definition) is 2. The number of benzene rings is 3. The van der Waals surface area contributed by atoms with E-state index in [2.05, 4.69) is 0 Å². The van der Waals surface area contributed by atoms with Crippen LogP contribution in [0.15, 0.2) is 71.3 Å². The Hall–Kier alpha value is -3.94. The van der Waals surface area contributed by atoms with E-state index in [4.69, 9.17) is 38.1 Å². The van der Waals surface area contributed by atoms with Gasteiger partial charge in [0, 0.05) is 32.1 Å². The molecule has 5 aromatic rings. The van der Waals surface area contributed by atoms with E-state index in [1.54, 1.807) is 54.8 Å². The summed E-state index contributed by atoms with van der Waals surface area (Å²) in [6.45, 7) is -0.292. The molecule has 0 aliphatic heterocycles. The first-order valence-electron chi connectivity index (χ1n) is 10.5. The standard InChI is InChI=1S/C26H18Cl2N2O5/c27-17-5-2-6-18(28)16(17)12-30-19-7-1-4-15(26(29)33)24(19)25-20(30)10-14(21-8-3-9-34-21)11-22(25)35-13-23(31)32/h1-11H,12-13H2,(H2,29,33)(H,31,32). The Morgan fingerprint density at radius 3 is 2.37 bits per heavy atom. The Bertz CT molecular complexity index is 1590. The van der Waals surface area contributed by atoms with E-state index < -0.39 is 18.5 Å². The average molecular weight is 509 g/mol. The molecule has 1 amide bonds. The van der Waals surface area contributed by atoms with Crippen molar-refractivity contribution < 1.29 is 23.8 Å². The number of hydrogen-bond acceptors (Lipinski definition) is 4. The van der Waals surface area contributed by atoms with Gasteiger partial charge in [0.15, 0.2) is 6.61 Å². The molecule has 2 heterocycles. The lowest BCUT2D eigenvalue weighted by Gasteiger charge is -2.13. The number of nitrogens with two attached hydrogens (primary N) is 1. The molecule has 0 aliphatic carbocycles. The summed E-state index contributed by atoms with van der Waals surface area (Å²) in [5, 5.41) is 11.3. The van der Waals surface area contributed by atoms with Crippen LogP contribution in [0.1, 0.15) is 15.9 Å². The lowest BCUT2D eigenvalue weighted by Crippen LogP contribution is -2.11. The zero-order valence-electron chi connectivity index (χ0n) is 18.1. The highest BCUT2D eigenvalue weighted by Crippen LogP contribution is 2.42. The largest absolute Gasteiger partial charge is 0.481 e. The minimum atomic E-state index is -1.14. The first kappa shape index (κ1) is 22.8.